The van der Waals surface area contributed by atoms with Crippen LogP contribution in [0, 0.1) is 5.92 Å². The largest absolute Gasteiger partial charge is 0.506 e. The van der Waals surface area contributed by atoms with Gasteiger partial charge in [0, 0.05) is 30.7 Å². The van der Waals surface area contributed by atoms with Crippen LogP contribution in [0.3, 0.4) is 0 Å². The average Bonchev–Trinajstić information content (AvgIpc) is 3.23. The average molecular weight is 762 g/mol. The summed E-state index contributed by atoms with van der Waals surface area (Å²) in [7, 11) is 0. The Morgan fingerprint density at radius 3 is 2.54 bits per heavy atom. The normalized spacial score (nSPS) is 18.6. The number of benzene rings is 3. The molecule has 5 heterocycles. The Morgan fingerprint density at radius 2 is 1.77 bits per heavy atom. The van der Waals surface area contributed by atoms with Crippen LogP contribution in [0.25, 0.3) is 10.9 Å². The molecule has 3 aliphatic rings. The number of hydrogen-bond acceptors (Lipinski definition) is 11. The predicted molar refractivity (Wildman–Crippen MR) is 209 cm³/mol. The van der Waals surface area contributed by atoms with E-state index in [1.165, 1.54) is 18.3 Å². The molecule has 56 heavy (non-hydrogen) atoms. The summed E-state index contributed by atoms with van der Waals surface area (Å²) in [4.78, 5) is 46.8. The van der Waals surface area contributed by atoms with E-state index in [2.05, 4.69) is 25.5 Å². The number of carbonyl (C=O) groups excluding carboxylic acids is 2. The summed E-state index contributed by atoms with van der Waals surface area (Å²) in [6, 6.07) is 26.3. The molecule has 5 N–H and O–H groups in total. The summed E-state index contributed by atoms with van der Waals surface area (Å²) in [5.41, 5.74) is 3.29. The minimum Gasteiger partial charge on any atom is -0.506 e. The third kappa shape index (κ3) is 9.72. The van der Waals surface area contributed by atoms with E-state index in [-0.39, 0.29) is 42.7 Å². The number of nitrogens with one attached hydrogen (secondary N) is 3. The number of hydrogen-bond donors (Lipinski definition) is 5. The van der Waals surface area contributed by atoms with Gasteiger partial charge in [-0.3, -0.25) is 14.7 Å². The van der Waals surface area contributed by atoms with Gasteiger partial charge >= 0.3 is 12.1 Å². The lowest BCUT2D eigenvalue weighted by molar-refractivity contribution is -0.0336. The minimum atomic E-state index is -0.848. The molecule has 3 unspecified atom stereocenters. The molecular weight excluding hydrogens is 714 g/mol. The number of carbonyl (C=O) groups is 2. The second-order valence-corrected chi connectivity index (χ2v) is 14.3. The van der Waals surface area contributed by atoms with E-state index >= 15 is 0 Å². The van der Waals surface area contributed by atoms with Crippen molar-refractivity contribution in [2.45, 2.75) is 50.5 Å². The lowest BCUT2D eigenvalue weighted by atomic mass is 9.86. The smallest absolute Gasteiger partial charge is 0.408 e. The SMILES string of the molecule is O=C(NC(c1ccccc1)c1cccc(OCc2ccc(C(=O)OCCCCNCC(O)c3ccc(O)c4[nH]c(=O)ccc34)cn2)c1)OC1CN2CCC1CC2. The zero-order chi connectivity index (χ0) is 38.9. The van der Waals surface area contributed by atoms with Gasteiger partial charge in [-0.25, -0.2) is 9.59 Å². The zero-order valence-electron chi connectivity index (χ0n) is 31.1. The molecule has 13 nitrogen and oxygen atoms in total. The second-order valence-electron chi connectivity index (χ2n) is 14.3. The van der Waals surface area contributed by atoms with Gasteiger partial charge in [0.25, 0.3) is 0 Å². The number of piperidine rings is 3. The van der Waals surface area contributed by atoms with E-state index in [0.717, 1.165) is 43.6 Å². The highest BCUT2D eigenvalue weighted by molar-refractivity contribution is 5.89. The first-order valence-corrected chi connectivity index (χ1v) is 19.1. The number of aliphatic hydroxyl groups excluding tert-OH is 1. The molecule has 8 rings (SSSR count). The summed E-state index contributed by atoms with van der Waals surface area (Å²) in [5.74, 6) is 0.495. The van der Waals surface area contributed by atoms with Gasteiger partial charge in [0.2, 0.25) is 5.56 Å². The van der Waals surface area contributed by atoms with Crippen molar-refractivity contribution in [3.8, 4) is 11.5 Å². The van der Waals surface area contributed by atoms with Crippen molar-refractivity contribution >= 4 is 23.0 Å². The van der Waals surface area contributed by atoms with Gasteiger partial charge in [0.1, 0.15) is 24.2 Å². The quantitative estimate of drug-likeness (QED) is 0.0645. The number of phenols is 1. The molecule has 0 spiro atoms. The molecule has 0 radical (unpaired) electrons. The van der Waals surface area contributed by atoms with E-state index in [4.69, 9.17) is 14.2 Å². The molecule has 3 atom stereocenters. The Kier molecular flexibility index (Phi) is 12.6. The second kappa shape index (κ2) is 18.2. The number of aliphatic hydroxyl groups is 1. The van der Waals surface area contributed by atoms with Gasteiger partial charge in [-0.15, -0.1) is 0 Å². The molecule has 5 aromatic rings. The molecule has 3 fully saturated rings. The molecule has 0 saturated carbocycles. The van der Waals surface area contributed by atoms with Crippen LogP contribution in [0.1, 0.15) is 70.6 Å². The van der Waals surface area contributed by atoms with E-state index in [9.17, 15) is 24.6 Å². The molecule has 2 bridgehead atoms. The van der Waals surface area contributed by atoms with Crippen LogP contribution in [0.15, 0.2) is 102 Å². The molecule has 3 aromatic carbocycles. The molecule has 0 aliphatic carbocycles. The summed E-state index contributed by atoms with van der Waals surface area (Å²) in [6.07, 6.45) is 3.55. The summed E-state index contributed by atoms with van der Waals surface area (Å²) >= 11 is 0. The van der Waals surface area contributed by atoms with E-state index in [1.54, 1.807) is 24.3 Å². The number of rotatable bonds is 16. The van der Waals surface area contributed by atoms with Gasteiger partial charge in [-0.2, -0.15) is 0 Å². The van der Waals surface area contributed by atoms with E-state index < -0.39 is 24.2 Å². The molecule has 3 aliphatic heterocycles. The van der Waals surface area contributed by atoms with Gasteiger partial charge in [-0.1, -0.05) is 48.5 Å². The number of unbranched alkanes of at least 4 members (excludes halogenated alkanes) is 1. The maximum absolute atomic E-state index is 13.2. The highest BCUT2D eigenvalue weighted by Crippen LogP contribution is 2.31. The highest BCUT2D eigenvalue weighted by Gasteiger charge is 2.37. The van der Waals surface area contributed by atoms with Crippen LogP contribution in [0.2, 0.25) is 0 Å². The number of aromatic amines is 1. The number of aromatic nitrogens is 2. The first-order chi connectivity index (χ1) is 27.3. The summed E-state index contributed by atoms with van der Waals surface area (Å²) in [5, 5.41) is 27.6. The fourth-order valence-electron chi connectivity index (χ4n) is 7.41. The molecule has 2 aromatic heterocycles. The van der Waals surface area contributed by atoms with E-state index in [1.807, 2.05) is 54.6 Å². The van der Waals surface area contributed by atoms with Gasteiger partial charge < -0.3 is 40.0 Å². The Morgan fingerprint density at radius 1 is 0.946 bits per heavy atom. The summed E-state index contributed by atoms with van der Waals surface area (Å²) in [6.45, 7) is 4.21. The first-order valence-electron chi connectivity index (χ1n) is 19.1. The molecule has 292 valence electrons. The number of aromatic hydroxyl groups is 1. The third-order valence-electron chi connectivity index (χ3n) is 10.5. The number of alkyl carbamates (subject to hydrolysis) is 1. The number of esters is 1. The Hall–Kier alpha value is -5.76. The minimum absolute atomic E-state index is 0.0581. The lowest BCUT2D eigenvalue weighted by Crippen LogP contribution is -2.52. The number of nitrogens with zero attached hydrogens (tertiary/aromatic N) is 2. The predicted octanol–water partition coefficient (Wildman–Crippen LogP) is 5.38. The number of H-pyrrole nitrogens is 1. The van der Waals surface area contributed by atoms with Crippen molar-refractivity contribution in [3.05, 3.63) is 135 Å². The van der Waals surface area contributed by atoms with Gasteiger partial charge in [-0.05, 0) is 104 Å². The standard InChI is InChI=1S/C43H47N5O8/c49-36-15-13-34(35-14-16-39(51)46-41(35)36)37(50)25-44-19-4-5-22-54-42(52)31-11-12-32(45-24-31)27-55-33-10-6-9-30(23-33)40(29-7-2-1-3-8-29)47-43(53)56-38-26-48-20-17-28(38)18-21-48/h1-3,6-16,23-24,28,37-38,40,44,49-50H,4-5,17-22,25-27H2,(H,46,51)(H,47,53). The Labute approximate surface area is 324 Å². The van der Waals surface area contributed by atoms with Crippen LogP contribution < -0.4 is 20.9 Å². The maximum atomic E-state index is 13.2. The molecular formula is C43H47N5O8. The van der Waals surface area contributed by atoms with Crippen molar-refractivity contribution in [1.82, 2.24) is 25.5 Å². The van der Waals surface area contributed by atoms with Crippen molar-refractivity contribution in [1.29, 1.82) is 0 Å². The van der Waals surface area contributed by atoms with Crippen LogP contribution in [-0.4, -0.2) is 82.6 Å². The zero-order valence-corrected chi connectivity index (χ0v) is 31.1. The molecule has 3 saturated heterocycles. The monoisotopic (exact) mass is 761 g/mol. The van der Waals surface area contributed by atoms with Crippen LogP contribution in [-0.2, 0) is 16.1 Å². The van der Waals surface area contributed by atoms with E-state index in [0.29, 0.717) is 53.3 Å². The maximum Gasteiger partial charge on any atom is 0.408 e. The first kappa shape index (κ1) is 38.5. The Balaban J connectivity index is 0.844. The number of ether oxygens (including phenoxy) is 3. The van der Waals surface area contributed by atoms with Crippen LogP contribution in [0.4, 0.5) is 4.79 Å². The third-order valence-corrected chi connectivity index (χ3v) is 10.5. The number of phenolic OH excluding ortho intramolecular Hbond substituents is 1. The summed E-state index contributed by atoms with van der Waals surface area (Å²) < 4.78 is 17.5. The van der Waals surface area contributed by atoms with Gasteiger partial charge in [0.15, 0.2) is 0 Å². The fourth-order valence-corrected chi connectivity index (χ4v) is 7.41. The Bertz CT molecular complexity index is 2150. The van der Waals surface area contributed by atoms with Crippen molar-refractivity contribution in [2.24, 2.45) is 5.92 Å². The fraction of sp³-hybridized carbons (Fsp3) is 0.349. The number of fused-ring (bicyclic) bond motifs is 4. The van der Waals surface area contributed by atoms with Crippen molar-refractivity contribution in [3.63, 3.8) is 0 Å². The van der Waals surface area contributed by atoms with Crippen molar-refractivity contribution < 1.29 is 34.0 Å². The highest BCUT2D eigenvalue weighted by atomic mass is 16.6. The topological polar surface area (TPSA) is 175 Å². The number of amides is 1. The van der Waals surface area contributed by atoms with Crippen molar-refractivity contribution in [2.75, 3.05) is 39.3 Å². The molecule has 1 amide bonds. The van der Waals surface area contributed by atoms with Gasteiger partial charge in [0.05, 0.1) is 35.5 Å². The molecule has 13 heteroatoms. The lowest BCUT2D eigenvalue weighted by Gasteiger charge is -2.43. The van der Waals surface area contributed by atoms with Crippen LogP contribution in [0.5, 0.6) is 11.5 Å². The number of pyridine rings is 2. The van der Waals surface area contributed by atoms with Crippen LogP contribution >= 0.6 is 0 Å².